The standard InChI is InChI=1S/C29H32N4O5/c1-2-38-27(35)18-14-22(13-17-26(30)34)31-29(37)25(19-20-9-5-3-6-10-20)33-28(36)24-16-15-23(32-24)21-11-7-4-8-12-21/h3-12,14-16,18,22,25,32H,2,13,17,19H2,1H3,(H2,30,34)(H,31,37)(H,33,36)/t22-,25-/m0/s1. The van der Waals surface area contributed by atoms with Crippen molar-refractivity contribution in [2.75, 3.05) is 6.61 Å². The van der Waals surface area contributed by atoms with Crippen LogP contribution in [-0.4, -0.2) is 47.4 Å². The monoisotopic (exact) mass is 516 g/mol. The zero-order chi connectivity index (χ0) is 27.3. The summed E-state index contributed by atoms with van der Waals surface area (Å²) in [5, 5.41) is 5.62. The largest absolute Gasteiger partial charge is 0.463 e. The molecule has 5 N–H and O–H groups in total. The molecule has 0 saturated carbocycles. The van der Waals surface area contributed by atoms with Crippen LogP contribution in [0.4, 0.5) is 0 Å². The third-order valence-electron chi connectivity index (χ3n) is 5.70. The molecule has 1 aromatic heterocycles. The van der Waals surface area contributed by atoms with Crippen LogP contribution in [0.1, 0.15) is 35.8 Å². The van der Waals surface area contributed by atoms with Crippen LogP contribution in [-0.2, 0) is 25.5 Å². The van der Waals surface area contributed by atoms with Crippen molar-refractivity contribution in [3.8, 4) is 11.3 Å². The summed E-state index contributed by atoms with van der Waals surface area (Å²) in [6.07, 6.45) is 3.06. The minimum atomic E-state index is -0.930. The molecule has 0 bridgehead atoms. The Kier molecular flexibility index (Phi) is 10.4. The molecule has 3 rings (SSSR count). The fourth-order valence-corrected chi connectivity index (χ4v) is 3.79. The summed E-state index contributed by atoms with van der Waals surface area (Å²) in [4.78, 5) is 52.7. The Labute approximate surface area is 221 Å². The highest BCUT2D eigenvalue weighted by molar-refractivity contribution is 5.97. The van der Waals surface area contributed by atoms with E-state index in [-0.39, 0.29) is 25.9 Å². The van der Waals surface area contributed by atoms with Crippen LogP contribution in [0.15, 0.2) is 84.9 Å². The van der Waals surface area contributed by atoms with Gasteiger partial charge in [-0.05, 0) is 36.6 Å². The summed E-state index contributed by atoms with van der Waals surface area (Å²) in [6.45, 7) is 1.89. The average Bonchev–Trinajstić information content (AvgIpc) is 3.41. The topological polar surface area (TPSA) is 143 Å². The van der Waals surface area contributed by atoms with Crippen LogP contribution in [0.3, 0.4) is 0 Å². The number of primary amides is 1. The van der Waals surface area contributed by atoms with Gasteiger partial charge in [-0.3, -0.25) is 14.4 Å². The summed E-state index contributed by atoms with van der Waals surface area (Å²) < 4.78 is 4.89. The predicted octanol–water partition coefficient (Wildman–Crippen LogP) is 2.89. The summed E-state index contributed by atoms with van der Waals surface area (Å²) in [5.41, 5.74) is 8.14. The van der Waals surface area contributed by atoms with E-state index in [4.69, 9.17) is 10.5 Å². The Hall–Kier alpha value is -4.66. The van der Waals surface area contributed by atoms with E-state index in [9.17, 15) is 19.2 Å². The summed E-state index contributed by atoms with van der Waals surface area (Å²) in [6, 6.07) is 20.7. The number of ether oxygens (including phenoxy) is 1. The molecule has 2 atom stereocenters. The Morgan fingerprint density at radius 2 is 1.63 bits per heavy atom. The molecular weight excluding hydrogens is 484 g/mol. The fourth-order valence-electron chi connectivity index (χ4n) is 3.79. The predicted molar refractivity (Wildman–Crippen MR) is 144 cm³/mol. The minimum Gasteiger partial charge on any atom is -0.463 e. The minimum absolute atomic E-state index is 0.00143. The molecule has 0 radical (unpaired) electrons. The van der Waals surface area contributed by atoms with Crippen molar-refractivity contribution in [1.82, 2.24) is 15.6 Å². The van der Waals surface area contributed by atoms with Crippen molar-refractivity contribution in [2.45, 2.75) is 38.3 Å². The molecule has 9 heteroatoms. The summed E-state index contributed by atoms with van der Waals surface area (Å²) in [5.74, 6) is -2.02. The van der Waals surface area contributed by atoms with Crippen LogP contribution < -0.4 is 16.4 Å². The lowest BCUT2D eigenvalue weighted by atomic mass is 10.0. The van der Waals surface area contributed by atoms with Gasteiger partial charge in [-0.15, -0.1) is 0 Å². The van der Waals surface area contributed by atoms with Gasteiger partial charge in [0.05, 0.1) is 6.61 Å². The number of benzene rings is 2. The highest BCUT2D eigenvalue weighted by Gasteiger charge is 2.24. The van der Waals surface area contributed by atoms with E-state index in [1.807, 2.05) is 60.7 Å². The number of esters is 1. The Morgan fingerprint density at radius 3 is 2.29 bits per heavy atom. The molecule has 198 valence electrons. The van der Waals surface area contributed by atoms with Crippen LogP contribution in [0.25, 0.3) is 11.3 Å². The number of carbonyl (C=O) groups excluding carboxylic acids is 4. The molecule has 0 aliphatic carbocycles. The number of H-pyrrole nitrogens is 1. The summed E-state index contributed by atoms with van der Waals surface area (Å²) >= 11 is 0. The van der Waals surface area contributed by atoms with Gasteiger partial charge in [0.2, 0.25) is 11.8 Å². The van der Waals surface area contributed by atoms with Crippen molar-refractivity contribution in [3.05, 3.63) is 96.2 Å². The fraction of sp³-hybridized carbons (Fsp3) is 0.241. The number of carbonyl (C=O) groups is 4. The lowest BCUT2D eigenvalue weighted by Gasteiger charge is -2.22. The van der Waals surface area contributed by atoms with E-state index < -0.39 is 35.8 Å². The van der Waals surface area contributed by atoms with Crippen molar-refractivity contribution in [1.29, 1.82) is 0 Å². The maximum absolute atomic E-state index is 13.4. The normalized spacial score (nSPS) is 12.4. The van der Waals surface area contributed by atoms with Crippen LogP contribution in [0, 0.1) is 0 Å². The van der Waals surface area contributed by atoms with Gasteiger partial charge in [0.15, 0.2) is 0 Å². The number of hydrogen-bond acceptors (Lipinski definition) is 5. The smallest absolute Gasteiger partial charge is 0.330 e. The Morgan fingerprint density at radius 1 is 0.947 bits per heavy atom. The second-order valence-electron chi connectivity index (χ2n) is 8.60. The van der Waals surface area contributed by atoms with E-state index in [1.54, 1.807) is 19.1 Å². The van der Waals surface area contributed by atoms with Gasteiger partial charge in [0.1, 0.15) is 11.7 Å². The molecule has 0 aliphatic heterocycles. The maximum atomic E-state index is 13.4. The number of rotatable bonds is 13. The van der Waals surface area contributed by atoms with Gasteiger partial charge in [-0.25, -0.2) is 4.79 Å². The van der Waals surface area contributed by atoms with E-state index in [1.165, 1.54) is 12.2 Å². The van der Waals surface area contributed by atoms with E-state index in [0.29, 0.717) is 5.69 Å². The molecule has 0 spiro atoms. The molecule has 3 aromatic rings. The molecule has 9 nitrogen and oxygen atoms in total. The third-order valence-corrected chi connectivity index (χ3v) is 5.70. The van der Waals surface area contributed by atoms with Crippen LogP contribution >= 0.6 is 0 Å². The molecule has 1 heterocycles. The van der Waals surface area contributed by atoms with E-state index >= 15 is 0 Å². The van der Waals surface area contributed by atoms with Gasteiger partial charge in [-0.2, -0.15) is 0 Å². The first kappa shape index (κ1) is 27.9. The lowest BCUT2D eigenvalue weighted by Crippen LogP contribution is -2.50. The Bertz CT molecular complexity index is 1250. The van der Waals surface area contributed by atoms with Crippen LogP contribution in [0.5, 0.6) is 0 Å². The number of nitrogens with two attached hydrogens (primary N) is 1. The quantitative estimate of drug-likeness (QED) is 0.204. The van der Waals surface area contributed by atoms with Crippen molar-refractivity contribution >= 4 is 23.7 Å². The molecule has 0 unspecified atom stereocenters. The first-order valence-corrected chi connectivity index (χ1v) is 12.4. The summed E-state index contributed by atoms with van der Waals surface area (Å²) in [7, 11) is 0. The van der Waals surface area contributed by atoms with Crippen LogP contribution in [0.2, 0.25) is 0 Å². The third kappa shape index (κ3) is 8.77. The van der Waals surface area contributed by atoms with Gasteiger partial charge >= 0.3 is 5.97 Å². The van der Waals surface area contributed by atoms with E-state index in [2.05, 4.69) is 15.6 Å². The van der Waals surface area contributed by atoms with E-state index in [0.717, 1.165) is 16.8 Å². The second-order valence-corrected chi connectivity index (χ2v) is 8.60. The van der Waals surface area contributed by atoms with Gasteiger partial charge in [0.25, 0.3) is 5.91 Å². The zero-order valence-electron chi connectivity index (χ0n) is 21.2. The zero-order valence-corrected chi connectivity index (χ0v) is 21.2. The highest BCUT2D eigenvalue weighted by Crippen LogP contribution is 2.18. The number of amides is 3. The highest BCUT2D eigenvalue weighted by atomic mass is 16.5. The SMILES string of the molecule is CCOC(=O)C=C[C@H](CCC(N)=O)NC(=O)[C@H](Cc1ccccc1)NC(=O)c1ccc(-c2ccccc2)[nH]1. The number of hydrogen-bond donors (Lipinski definition) is 4. The van der Waals surface area contributed by atoms with Gasteiger partial charge in [-0.1, -0.05) is 66.7 Å². The molecule has 2 aromatic carbocycles. The number of aromatic amines is 1. The Balaban J connectivity index is 1.78. The second kappa shape index (κ2) is 14.2. The van der Waals surface area contributed by atoms with Crippen molar-refractivity contribution in [2.24, 2.45) is 5.73 Å². The first-order chi connectivity index (χ1) is 18.4. The molecule has 0 aliphatic rings. The molecule has 3 amide bonds. The average molecular weight is 517 g/mol. The first-order valence-electron chi connectivity index (χ1n) is 12.4. The molecule has 38 heavy (non-hydrogen) atoms. The van der Waals surface area contributed by atoms with Gasteiger partial charge in [0, 0.05) is 30.7 Å². The lowest BCUT2D eigenvalue weighted by molar-refractivity contribution is -0.137. The number of aromatic nitrogens is 1. The maximum Gasteiger partial charge on any atom is 0.330 e. The molecule has 0 fully saturated rings. The van der Waals surface area contributed by atoms with Crippen molar-refractivity contribution in [3.63, 3.8) is 0 Å². The molecule has 0 saturated heterocycles. The van der Waals surface area contributed by atoms with Gasteiger partial charge < -0.3 is 26.1 Å². The molecular formula is C29H32N4O5. The van der Waals surface area contributed by atoms with Crippen molar-refractivity contribution < 1.29 is 23.9 Å². The number of nitrogens with one attached hydrogen (secondary N) is 3.